The van der Waals surface area contributed by atoms with Crippen LogP contribution in [-0.2, 0) is 4.79 Å². The minimum Gasteiger partial charge on any atom is -0.480 e. The van der Waals surface area contributed by atoms with Gasteiger partial charge in [0.2, 0.25) is 0 Å². The van der Waals surface area contributed by atoms with E-state index in [-0.39, 0.29) is 5.76 Å². The quantitative estimate of drug-likeness (QED) is 0.658. The van der Waals surface area contributed by atoms with Crippen molar-refractivity contribution in [2.75, 3.05) is 0 Å². The van der Waals surface area contributed by atoms with E-state index in [1.807, 2.05) is 0 Å². The van der Waals surface area contributed by atoms with Gasteiger partial charge < -0.3 is 15.3 Å². The first-order chi connectivity index (χ1) is 5.11. The predicted octanol–water partition coefficient (Wildman–Crippen LogP) is 0.672. The summed E-state index contributed by atoms with van der Waals surface area (Å²) in [6, 6.07) is 2.19. The monoisotopic (exact) mass is 155 g/mol. The third-order valence-electron chi connectivity index (χ3n) is 1.33. The highest BCUT2D eigenvalue weighted by molar-refractivity contribution is 5.74. The highest BCUT2D eigenvalue weighted by Crippen LogP contribution is 2.13. The van der Waals surface area contributed by atoms with Gasteiger partial charge in [0.05, 0.1) is 0 Å². The lowest BCUT2D eigenvalue weighted by molar-refractivity contribution is -0.139. The molecule has 11 heavy (non-hydrogen) atoms. The van der Waals surface area contributed by atoms with Crippen molar-refractivity contribution in [3.05, 3.63) is 23.7 Å². The van der Waals surface area contributed by atoms with E-state index in [4.69, 9.17) is 15.3 Å². The summed E-state index contributed by atoms with van der Waals surface area (Å²) in [7, 11) is 0. The maximum absolute atomic E-state index is 10.3. The standard InChI is InChI=1S/C7H9NO3/c1-4-2-3-5(11-4)6(8)7(9)10/h2-3,6H,8H2,1H3,(H,9,10)/t6-/m0/s1. The number of carboxylic acids is 1. The van der Waals surface area contributed by atoms with Gasteiger partial charge in [-0.3, -0.25) is 4.79 Å². The molecule has 0 bridgehead atoms. The number of aryl methyl sites for hydroxylation is 1. The van der Waals surface area contributed by atoms with Crippen LogP contribution in [0, 0.1) is 6.92 Å². The van der Waals surface area contributed by atoms with E-state index in [9.17, 15) is 4.79 Å². The van der Waals surface area contributed by atoms with Crippen LogP contribution in [0.5, 0.6) is 0 Å². The van der Waals surface area contributed by atoms with Gasteiger partial charge in [0.1, 0.15) is 11.5 Å². The molecular weight excluding hydrogens is 146 g/mol. The summed E-state index contributed by atoms with van der Waals surface area (Å²) in [5.74, 6) is -0.133. The smallest absolute Gasteiger partial charge is 0.328 e. The Balaban J connectivity index is 2.84. The molecule has 1 rings (SSSR count). The summed E-state index contributed by atoms with van der Waals surface area (Å²) in [5, 5.41) is 8.46. The zero-order chi connectivity index (χ0) is 8.43. The van der Waals surface area contributed by atoms with Gasteiger partial charge in [-0.15, -0.1) is 0 Å². The Morgan fingerprint density at radius 2 is 2.36 bits per heavy atom. The van der Waals surface area contributed by atoms with Crippen LogP contribution in [0.25, 0.3) is 0 Å². The highest BCUT2D eigenvalue weighted by atomic mass is 16.4. The third-order valence-corrected chi connectivity index (χ3v) is 1.33. The molecule has 0 spiro atoms. The Kier molecular flexibility index (Phi) is 1.96. The molecule has 1 aromatic heterocycles. The van der Waals surface area contributed by atoms with E-state index in [1.165, 1.54) is 0 Å². The predicted molar refractivity (Wildman–Crippen MR) is 38.0 cm³/mol. The Morgan fingerprint density at radius 3 is 2.73 bits per heavy atom. The Hall–Kier alpha value is -1.29. The summed E-state index contributed by atoms with van der Waals surface area (Å²) < 4.78 is 5.00. The first kappa shape index (κ1) is 7.81. The molecule has 0 aliphatic rings. The zero-order valence-electron chi connectivity index (χ0n) is 6.07. The molecule has 1 atom stereocenters. The number of carbonyl (C=O) groups is 1. The molecule has 0 saturated carbocycles. The lowest BCUT2D eigenvalue weighted by Crippen LogP contribution is -2.19. The summed E-state index contributed by atoms with van der Waals surface area (Å²) in [5.41, 5.74) is 5.26. The Labute approximate surface area is 63.6 Å². The topological polar surface area (TPSA) is 76.5 Å². The van der Waals surface area contributed by atoms with Crippen molar-refractivity contribution < 1.29 is 14.3 Å². The van der Waals surface area contributed by atoms with Crippen molar-refractivity contribution in [1.29, 1.82) is 0 Å². The second-order valence-electron chi connectivity index (χ2n) is 2.26. The van der Waals surface area contributed by atoms with Crippen LogP contribution in [0.15, 0.2) is 16.5 Å². The minimum atomic E-state index is -1.08. The van der Waals surface area contributed by atoms with E-state index in [0.717, 1.165) is 0 Å². The minimum absolute atomic E-state index is 0.287. The number of nitrogens with two attached hydrogens (primary N) is 1. The summed E-state index contributed by atoms with van der Waals surface area (Å²) >= 11 is 0. The van der Waals surface area contributed by atoms with Crippen LogP contribution >= 0.6 is 0 Å². The van der Waals surface area contributed by atoms with Gasteiger partial charge >= 0.3 is 5.97 Å². The number of carboxylic acid groups (broad SMARTS) is 1. The molecule has 1 heterocycles. The Bertz CT molecular complexity index is 266. The van der Waals surface area contributed by atoms with Gasteiger partial charge in [0.15, 0.2) is 6.04 Å². The summed E-state index contributed by atoms with van der Waals surface area (Å²) in [6.07, 6.45) is 0. The average molecular weight is 155 g/mol. The lowest BCUT2D eigenvalue weighted by Gasteiger charge is -2.00. The molecule has 0 fully saturated rings. The fourth-order valence-corrected chi connectivity index (χ4v) is 0.742. The zero-order valence-corrected chi connectivity index (χ0v) is 6.07. The fourth-order valence-electron chi connectivity index (χ4n) is 0.742. The van der Waals surface area contributed by atoms with Crippen molar-refractivity contribution in [2.45, 2.75) is 13.0 Å². The molecule has 0 aliphatic heterocycles. The maximum atomic E-state index is 10.3. The second kappa shape index (κ2) is 2.75. The van der Waals surface area contributed by atoms with Gasteiger partial charge in [-0.2, -0.15) is 0 Å². The molecular formula is C7H9NO3. The van der Waals surface area contributed by atoms with Gasteiger partial charge in [0.25, 0.3) is 0 Å². The maximum Gasteiger partial charge on any atom is 0.328 e. The van der Waals surface area contributed by atoms with Crippen LogP contribution in [-0.4, -0.2) is 11.1 Å². The molecule has 0 radical (unpaired) electrons. The first-order valence-electron chi connectivity index (χ1n) is 3.16. The van der Waals surface area contributed by atoms with Crippen LogP contribution < -0.4 is 5.73 Å². The van der Waals surface area contributed by atoms with Crippen LogP contribution in [0.1, 0.15) is 17.6 Å². The molecule has 3 N–H and O–H groups in total. The van der Waals surface area contributed by atoms with Gasteiger partial charge in [0, 0.05) is 0 Å². The molecule has 60 valence electrons. The summed E-state index contributed by atoms with van der Waals surface area (Å²) in [4.78, 5) is 10.3. The number of hydrogen-bond donors (Lipinski definition) is 2. The second-order valence-corrected chi connectivity index (χ2v) is 2.26. The molecule has 0 unspecified atom stereocenters. The molecule has 4 nitrogen and oxygen atoms in total. The average Bonchev–Trinajstić information content (AvgIpc) is 2.34. The van der Waals surface area contributed by atoms with Crippen LogP contribution in [0.2, 0.25) is 0 Å². The number of rotatable bonds is 2. The number of furan rings is 1. The highest BCUT2D eigenvalue weighted by Gasteiger charge is 2.16. The van der Waals surface area contributed by atoms with E-state index >= 15 is 0 Å². The molecule has 0 amide bonds. The van der Waals surface area contributed by atoms with Crippen molar-refractivity contribution in [3.63, 3.8) is 0 Å². The normalized spacial score (nSPS) is 12.9. The van der Waals surface area contributed by atoms with Crippen molar-refractivity contribution in [3.8, 4) is 0 Å². The van der Waals surface area contributed by atoms with Gasteiger partial charge in [-0.1, -0.05) is 0 Å². The first-order valence-corrected chi connectivity index (χ1v) is 3.16. The van der Waals surface area contributed by atoms with Crippen molar-refractivity contribution in [1.82, 2.24) is 0 Å². The molecule has 4 heteroatoms. The van der Waals surface area contributed by atoms with Gasteiger partial charge in [-0.05, 0) is 19.1 Å². The molecule has 1 aromatic rings. The van der Waals surface area contributed by atoms with E-state index in [1.54, 1.807) is 19.1 Å². The van der Waals surface area contributed by atoms with E-state index in [0.29, 0.717) is 5.76 Å². The van der Waals surface area contributed by atoms with E-state index in [2.05, 4.69) is 0 Å². The van der Waals surface area contributed by atoms with Crippen LogP contribution in [0.3, 0.4) is 0 Å². The van der Waals surface area contributed by atoms with Crippen molar-refractivity contribution in [2.24, 2.45) is 5.73 Å². The summed E-state index contributed by atoms with van der Waals surface area (Å²) in [6.45, 7) is 1.73. The largest absolute Gasteiger partial charge is 0.480 e. The lowest BCUT2D eigenvalue weighted by atomic mass is 10.2. The molecule has 0 aliphatic carbocycles. The number of hydrogen-bond acceptors (Lipinski definition) is 3. The molecule has 0 aromatic carbocycles. The molecule has 0 saturated heterocycles. The SMILES string of the molecule is Cc1ccc([C@H](N)C(=O)O)o1. The number of aliphatic carboxylic acids is 1. The third kappa shape index (κ3) is 1.59. The van der Waals surface area contributed by atoms with E-state index < -0.39 is 12.0 Å². The fraction of sp³-hybridized carbons (Fsp3) is 0.286. The van der Waals surface area contributed by atoms with Crippen LogP contribution in [0.4, 0.5) is 0 Å². The Morgan fingerprint density at radius 1 is 1.73 bits per heavy atom. The van der Waals surface area contributed by atoms with Gasteiger partial charge in [-0.25, -0.2) is 0 Å². The van der Waals surface area contributed by atoms with Crippen molar-refractivity contribution >= 4 is 5.97 Å².